The second-order valence-electron chi connectivity index (χ2n) is 12.0. The summed E-state index contributed by atoms with van der Waals surface area (Å²) < 4.78 is 0. The van der Waals surface area contributed by atoms with E-state index < -0.39 is 17.2 Å². The molecule has 0 aliphatic carbocycles. The standard InChI is InChI=1S/C34H42N4O4/c1-33(2,3)38(32(41)42)26-30(39)37(25-29-17-11-6-12-18-29)34(31(40)35-23-27-13-7-4-8-14-27)19-21-36(22-20-34)24-28-15-9-5-10-16-28/h4-18H,19-26H2,1-3H3,(H,35,40)(H,41,42). The van der Waals surface area contributed by atoms with Crippen molar-refractivity contribution in [3.63, 3.8) is 0 Å². The van der Waals surface area contributed by atoms with Crippen LogP contribution in [0.15, 0.2) is 91.0 Å². The number of hydrogen-bond acceptors (Lipinski definition) is 4. The van der Waals surface area contributed by atoms with Crippen molar-refractivity contribution in [2.24, 2.45) is 0 Å². The monoisotopic (exact) mass is 570 g/mol. The Morgan fingerprint density at radius 2 is 1.31 bits per heavy atom. The maximum Gasteiger partial charge on any atom is 0.408 e. The number of piperidine rings is 1. The summed E-state index contributed by atoms with van der Waals surface area (Å²) in [4.78, 5) is 45.7. The number of carbonyl (C=O) groups excluding carboxylic acids is 2. The Bertz CT molecular complexity index is 1320. The Morgan fingerprint density at radius 1 is 0.810 bits per heavy atom. The smallest absolute Gasteiger partial charge is 0.408 e. The molecule has 1 aliphatic rings. The highest BCUT2D eigenvalue weighted by Gasteiger charge is 2.49. The number of nitrogens with one attached hydrogen (secondary N) is 1. The molecular formula is C34H42N4O4. The summed E-state index contributed by atoms with van der Waals surface area (Å²) in [6.07, 6.45) is -0.306. The van der Waals surface area contributed by atoms with Crippen molar-refractivity contribution >= 4 is 17.9 Å². The first kappa shape index (κ1) is 30.8. The Labute approximate surface area is 248 Å². The van der Waals surface area contributed by atoms with Gasteiger partial charge in [-0.05, 0) is 50.3 Å². The van der Waals surface area contributed by atoms with Crippen molar-refractivity contribution in [1.82, 2.24) is 20.0 Å². The lowest BCUT2D eigenvalue weighted by Crippen LogP contribution is -2.65. The Balaban J connectivity index is 1.67. The molecule has 0 saturated carbocycles. The quantitative estimate of drug-likeness (QED) is 0.352. The fraction of sp³-hybridized carbons (Fsp3) is 0.382. The minimum atomic E-state index is -1.17. The number of carboxylic acid groups (broad SMARTS) is 1. The number of nitrogens with zero attached hydrogens (tertiary/aromatic N) is 3. The van der Waals surface area contributed by atoms with E-state index in [0.717, 1.165) is 22.6 Å². The molecule has 8 heteroatoms. The summed E-state index contributed by atoms with van der Waals surface area (Å²) in [7, 11) is 0. The number of amides is 3. The van der Waals surface area contributed by atoms with E-state index in [1.165, 1.54) is 5.56 Å². The van der Waals surface area contributed by atoms with Gasteiger partial charge in [-0.25, -0.2) is 4.79 Å². The van der Waals surface area contributed by atoms with Gasteiger partial charge in [-0.3, -0.25) is 19.4 Å². The van der Waals surface area contributed by atoms with Gasteiger partial charge in [0, 0.05) is 38.3 Å². The van der Waals surface area contributed by atoms with Crippen LogP contribution in [0.5, 0.6) is 0 Å². The highest BCUT2D eigenvalue weighted by atomic mass is 16.4. The van der Waals surface area contributed by atoms with Crippen LogP contribution in [0.2, 0.25) is 0 Å². The predicted octanol–water partition coefficient (Wildman–Crippen LogP) is 5.14. The maximum absolute atomic E-state index is 14.3. The van der Waals surface area contributed by atoms with Crippen LogP contribution in [0.4, 0.5) is 4.79 Å². The van der Waals surface area contributed by atoms with Gasteiger partial charge in [0.05, 0.1) is 0 Å². The Morgan fingerprint density at radius 3 is 1.81 bits per heavy atom. The number of hydrogen-bond donors (Lipinski definition) is 2. The largest absolute Gasteiger partial charge is 0.465 e. The fourth-order valence-corrected chi connectivity index (χ4v) is 5.54. The molecular weight excluding hydrogens is 528 g/mol. The molecule has 1 heterocycles. The molecule has 1 fully saturated rings. The number of likely N-dealkylation sites (tertiary alicyclic amines) is 1. The van der Waals surface area contributed by atoms with Crippen LogP contribution < -0.4 is 5.32 Å². The molecule has 1 aliphatic heterocycles. The molecule has 4 rings (SSSR count). The predicted molar refractivity (Wildman–Crippen MR) is 163 cm³/mol. The normalized spacial score (nSPS) is 15.0. The van der Waals surface area contributed by atoms with Crippen molar-refractivity contribution in [3.05, 3.63) is 108 Å². The molecule has 0 radical (unpaired) electrons. The molecule has 3 amide bonds. The number of rotatable bonds is 10. The first-order chi connectivity index (χ1) is 20.1. The van der Waals surface area contributed by atoms with Gasteiger partial charge in [-0.1, -0.05) is 91.0 Å². The average Bonchev–Trinajstić information content (AvgIpc) is 2.98. The summed E-state index contributed by atoms with van der Waals surface area (Å²) in [5.74, 6) is -0.602. The van der Waals surface area contributed by atoms with Gasteiger partial charge >= 0.3 is 6.09 Å². The van der Waals surface area contributed by atoms with E-state index in [-0.39, 0.29) is 24.9 Å². The fourth-order valence-electron chi connectivity index (χ4n) is 5.54. The molecule has 0 spiro atoms. The van der Waals surface area contributed by atoms with E-state index in [4.69, 9.17) is 0 Å². The van der Waals surface area contributed by atoms with Crippen LogP contribution in [0.25, 0.3) is 0 Å². The summed E-state index contributed by atoms with van der Waals surface area (Å²) in [6, 6.07) is 29.5. The van der Waals surface area contributed by atoms with Crippen LogP contribution >= 0.6 is 0 Å². The van der Waals surface area contributed by atoms with Gasteiger partial charge in [0.1, 0.15) is 12.1 Å². The average molecular weight is 571 g/mol. The Hall–Kier alpha value is -4.17. The SMILES string of the molecule is CC(C)(C)N(CC(=O)N(Cc1ccccc1)C1(C(=O)NCc2ccccc2)CCN(Cc2ccccc2)CC1)C(=O)O. The number of carbonyl (C=O) groups is 3. The molecule has 0 aromatic heterocycles. The van der Waals surface area contributed by atoms with E-state index in [2.05, 4.69) is 22.3 Å². The van der Waals surface area contributed by atoms with Gasteiger partial charge in [0.2, 0.25) is 11.8 Å². The van der Waals surface area contributed by atoms with E-state index in [1.54, 1.807) is 25.7 Å². The first-order valence-corrected chi connectivity index (χ1v) is 14.5. The first-order valence-electron chi connectivity index (χ1n) is 14.5. The zero-order valence-electron chi connectivity index (χ0n) is 24.8. The highest BCUT2D eigenvalue weighted by Crippen LogP contribution is 2.33. The lowest BCUT2D eigenvalue weighted by atomic mass is 9.83. The highest BCUT2D eigenvalue weighted by molar-refractivity contribution is 5.93. The van der Waals surface area contributed by atoms with Gasteiger partial charge in [-0.2, -0.15) is 0 Å². The van der Waals surface area contributed by atoms with Crippen molar-refractivity contribution < 1.29 is 19.5 Å². The van der Waals surface area contributed by atoms with Gasteiger partial charge in [0.25, 0.3) is 0 Å². The Kier molecular flexibility index (Phi) is 10.0. The van der Waals surface area contributed by atoms with Crippen LogP contribution in [0, 0.1) is 0 Å². The van der Waals surface area contributed by atoms with E-state index >= 15 is 0 Å². The van der Waals surface area contributed by atoms with Crippen molar-refractivity contribution in [1.29, 1.82) is 0 Å². The van der Waals surface area contributed by atoms with Crippen molar-refractivity contribution in [2.45, 2.75) is 64.3 Å². The lowest BCUT2D eigenvalue weighted by molar-refractivity contribution is -0.154. The minimum Gasteiger partial charge on any atom is -0.465 e. The lowest BCUT2D eigenvalue weighted by Gasteiger charge is -2.48. The summed E-state index contributed by atoms with van der Waals surface area (Å²) in [5.41, 5.74) is 1.11. The molecule has 1 saturated heterocycles. The van der Waals surface area contributed by atoms with E-state index in [9.17, 15) is 19.5 Å². The van der Waals surface area contributed by atoms with Gasteiger partial charge in [-0.15, -0.1) is 0 Å². The molecule has 0 bridgehead atoms. The maximum atomic E-state index is 14.3. The molecule has 3 aromatic rings. The van der Waals surface area contributed by atoms with Crippen LogP contribution in [-0.2, 0) is 29.2 Å². The second kappa shape index (κ2) is 13.7. The molecule has 0 atom stereocenters. The van der Waals surface area contributed by atoms with E-state index in [0.29, 0.717) is 32.5 Å². The molecule has 8 nitrogen and oxygen atoms in total. The van der Waals surface area contributed by atoms with Crippen molar-refractivity contribution in [3.8, 4) is 0 Å². The molecule has 222 valence electrons. The number of benzene rings is 3. The molecule has 3 aromatic carbocycles. The van der Waals surface area contributed by atoms with Crippen molar-refractivity contribution in [2.75, 3.05) is 19.6 Å². The second-order valence-corrected chi connectivity index (χ2v) is 12.0. The molecule has 0 unspecified atom stereocenters. The molecule has 2 N–H and O–H groups in total. The zero-order chi connectivity index (χ0) is 30.2. The van der Waals surface area contributed by atoms with Gasteiger partial charge in [0.15, 0.2) is 0 Å². The third-order valence-corrected chi connectivity index (χ3v) is 7.99. The zero-order valence-corrected chi connectivity index (χ0v) is 24.8. The topological polar surface area (TPSA) is 93.2 Å². The van der Waals surface area contributed by atoms with Gasteiger partial charge < -0.3 is 15.3 Å². The van der Waals surface area contributed by atoms with Crippen LogP contribution in [-0.4, -0.2) is 68.4 Å². The minimum absolute atomic E-state index is 0.203. The van der Waals surface area contributed by atoms with Crippen LogP contribution in [0.1, 0.15) is 50.3 Å². The molecule has 42 heavy (non-hydrogen) atoms. The van der Waals surface area contributed by atoms with Crippen LogP contribution in [0.3, 0.4) is 0 Å². The summed E-state index contributed by atoms with van der Waals surface area (Å²) >= 11 is 0. The van der Waals surface area contributed by atoms with E-state index in [1.807, 2.05) is 78.9 Å². The summed E-state index contributed by atoms with van der Waals surface area (Å²) in [5, 5.41) is 13.1. The third-order valence-electron chi connectivity index (χ3n) is 7.99. The third kappa shape index (κ3) is 7.76. The summed E-state index contributed by atoms with van der Waals surface area (Å²) in [6.45, 7) is 7.49.